The fraction of sp³-hybridized carbons (Fsp3) is 0.188. The molecule has 1 N–H and O–H groups in total. The van der Waals surface area contributed by atoms with Crippen molar-refractivity contribution in [3.8, 4) is 0 Å². The molecule has 1 unspecified atom stereocenters. The van der Waals surface area contributed by atoms with Crippen LogP contribution in [0.3, 0.4) is 0 Å². The first kappa shape index (κ1) is 14.6. The maximum Gasteiger partial charge on any atom is 0.234 e. The first-order chi connectivity index (χ1) is 10.1. The first-order valence-electron chi connectivity index (χ1n) is 6.59. The van der Waals surface area contributed by atoms with Crippen molar-refractivity contribution < 1.29 is 9.18 Å². The number of hydrogen-bond acceptors (Lipinski definition) is 2. The van der Waals surface area contributed by atoms with Gasteiger partial charge in [0.05, 0.1) is 9.72 Å². The predicted octanol–water partition coefficient (Wildman–Crippen LogP) is 3.92. The van der Waals surface area contributed by atoms with Crippen LogP contribution in [0.15, 0.2) is 51.8 Å². The topological polar surface area (TPSA) is 29.1 Å². The summed E-state index contributed by atoms with van der Waals surface area (Å²) in [6.07, 6.45) is 0.751. The molecule has 0 fully saturated rings. The zero-order valence-electron chi connectivity index (χ0n) is 11.1. The maximum absolute atomic E-state index is 13.4. The summed E-state index contributed by atoms with van der Waals surface area (Å²) in [6.45, 7) is 0.344. The van der Waals surface area contributed by atoms with Crippen molar-refractivity contribution in [2.45, 2.75) is 23.1 Å². The molecule has 0 spiro atoms. The molecule has 1 amide bonds. The van der Waals surface area contributed by atoms with Gasteiger partial charge in [-0.2, -0.15) is 0 Å². The van der Waals surface area contributed by atoms with Gasteiger partial charge in [-0.1, -0.05) is 24.3 Å². The van der Waals surface area contributed by atoms with E-state index >= 15 is 0 Å². The molecule has 21 heavy (non-hydrogen) atoms. The Kier molecular flexibility index (Phi) is 4.31. The third-order valence-electron chi connectivity index (χ3n) is 3.39. The highest BCUT2D eigenvalue weighted by molar-refractivity contribution is 9.10. The summed E-state index contributed by atoms with van der Waals surface area (Å²) in [5, 5.41) is 2.79. The van der Waals surface area contributed by atoms with Gasteiger partial charge in [0.25, 0.3) is 0 Å². The summed E-state index contributed by atoms with van der Waals surface area (Å²) in [6, 6.07) is 12.9. The molecule has 1 aliphatic heterocycles. The van der Waals surface area contributed by atoms with Gasteiger partial charge in [0.15, 0.2) is 0 Å². The van der Waals surface area contributed by atoms with Crippen LogP contribution in [0.4, 0.5) is 4.39 Å². The van der Waals surface area contributed by atoms with E-state index in [-0.39, 0.29) is 17.0 Å². The van der Waals surface area contributed by atoms with Gasteiger partial charge in [0.2, 0.25) is 5.91 Å². The second-order valence-electron chi connectivity index (χ2n) is 4.88. The molecule has 2 nitrogen and oxygen atoms in total. The van der Waals surface area contributed by atoms with Crippen molar-refractivity contribution in [3.63, 3.8) is 0 Å². The molecule has 3 rings (SSSR count). The van der Waals surface area contributed by atoms with Crippen molar-refractivity contribution in [2.24, 2.45) is 0 Å². The van der Waals surface area contributed by atoms with E-state index in [1.165, 1.54) is 16.5 Å². The summed E-state index contributed by atoms with van der Waals surface area (Å²) in [5.41, 5.74) is 1.97. The zero-order chi connectivity index (χ0) is 14.8. The molecule has 0 saturated carbocycles. The van der Waals surface area contributed by atoms with Crippen LogP contribution in [0, 0.1) is 5.82 Å². The standard InChI is InChI=1S/C16H13BrFNOS/c17-12-6-5-10(7-13(12)18)9-19-16(20)15-8-11-3-1-2-4-14(11)21-15/h1-7,15H,8-9H2,(H,19,20). The van der Waals surface area contributed by atoms with Crippen LogP contribution in [-0.2, 0) is 17.8 Å². The summed E-state index contributed by atoms with van der Waals surface area (Å²) in [5.74, 6) is -0.316. The molecule has 0 saturated heterocycles. The van der Waals surface area contributed by atoms with E-state index in [2.05, 4.69) is 27.3 Å². The Morgan fingerprint density at radius 2 is 2.14 bits per heavy atom. The lowest BCUT2D eigenvalue weighted by Crippen LogP contribution is -2.32. The fourth-order valence-corrected chi connectivity index (χ4v) is 3.75. The second-order valence-corrected chi connectivity index (χ2v) is 6.98. The number of rotatable bonds is 3. The minimum atomic E-state index is -0.315. The van der Waals surface area contributed by atoms with Crippen molar-refractivity contribution >= 4 is 33.6 Å². The number of carbonyl (C=O) groups is 1. The van der Waals surface area contributed by atoms with E-state index in [4.69, 9.17) is 0 Å². The van der Waals surface area contributed by atoms with E-state index in [0.717, 1.165) is 12.0 Å². The number of thioether (sulfide) groups is 1. The van der Waals surface area contributed by atoms with Gasteiger partial charge in [-0.15, -0.1) is 11.8 Å². The zero-order valence-corrected chi connectivity index (χ0v) is 13.5. The molecular formula is C16H13BrFNOS. The van der Waals surface area contributed by atoms with Crippen molar-refractivity contribution in [1.29, 1.82) is 0 Å². The van der Waals surface area contributed by atoms with Crippen LogP contribution < -0.4 is 5.32 Å². The quantitative estimate of drug-likeness (QED) is 0.892. The number of fused-ring (bicyclic) bond motifs is 1. The van der Waals surface area contributed by atoms with E-state index in [9.17, 15) is 9.18 Å². The van der Waals surface area contributed by atoms with E-state index < -0.39 is 0 Å². The summed E-state index contributed by atoms with van der Waals surface area (Å²) >= 11 is 4.71. The number of nitrogens with one attached hydrogen (secondary N) is 1. The van der Waals surface area contributed by atoms with Gasteiger partial charge in [0.1, 0.15) is 5.82 Å². The van der Waals surface area contributed by atoms with Crippen LogP contribution in [0.1, 0.15) is 11.1 Å². The molecule has 0 aliphatic carbocycles. The van der Waals surface area contributed by atoms with Gasteiger partial charge in [-0.3, -0.25) is 4.79 Å². The molecule has 2 aromatic rings. The van der Waals surface area contributed by atoms with Gasteiger partial charge in [0, 0.05) is 11.4 Å². The Hall–Kier alpha value is -1.33. The summed E-state index contributed by atoms with van der Waals surface area (Å²) in [7, 11) is 0. The number of carbonyl (C=O) groups excluding carboxylic acids is 1. The summed E-state index contributed by atoms with van der Waals surface area (Å²) in [4.78, 5) is 13.4. The highest BCUT2D eigenvalue weighted by Gasteiger charge is 2.27. The SMILES string of the molecule is O=C(NCc1ccc(Br)c(F)c1)C1Cc2ccccc2S1. The molecule has 0 bridgehead atoms. The maximum atomic E-state index is 13.4. The second kappa shape index (κ2) is 6.20. The third-order valence-corrected chi connectivity index (χ3v) is 5.35. The normalized spacial score (nSPS) is 16.6. The number of amides is 1. The monoisotopic (exact) mass is 365 g/mol. The Balaban J connectivity index is 1.59. The van der Waals surface area contributed by atoms with Gasteiger partial charge < -0.3 is 5.32 Å². The van der Waals surface area contributed by atoms with E-state index in [1.807, 2.05) is 18.2 Å². The van der Waals surface area contributed by atoms with Crippen LogP contribution in [0.25, 0.3) is 0 Å². The molecule has 108 valence electrons. The third kappa shape index (κ3) is 3.30. The average molecular weight is 366 g/mol. The van der Waals surface area contributed by atoms with Crippen molar-refractivity contribution in [3.05, 3.63) is 63.9 Å². The minimum absolute atomic E-state index is 0.000438. The van der Waals surface area contributed by atoms with Crippen molar-refractivity contribution in [1.82, 2.24) is 5.32 Å². The number of halogens is 2. The molecule has 2 aromatic carbocycles. The highest BCUT2D eigenvalue weighted by Crippen LogP contribution is 2.36. The molecule has 5 heteroatoms. The number of hydrogen-bond donors (Lipinski definition) is 1. The average Bonchev–Trinajstić information content (AvgIpc) is 2.92. The molecule has 1 atom stereocenters. The summed E-state index contributed by atoms with van der Waals surface area (Å²) < 4.78 is 13.9. The van der Waals surface area contributed by atoms with Crippen LogP contribution in [0.2, 0.25) is 0 Å². The van der Waals surface area contributed by atoms with Crippen LogP contribution in [0.5, 0.6) is 0 Å². The van der Waals surface area contributed by atoms with Gasteiger partial charge >= 0.3 is 0 Å². The molecular weight excluding hydrogens is 353 g/mol. The molecule has 0 radical (unpaired) electrons. The highest BCUT2D eigenvalue weighted by atomic mass is 79.9. The smallest absolute Gasteiger partial charge is 0.234 e. The van der Waals surface area contributed by atoms with Gasteiger partial charge in [-0.25, -0.2) is 4.39 Å². The Bertz CT molecular complexity index is 667. The molecule has 1 aliphatic rings. The van der Waals surface area contributed by atoms with Crippen LogP contribution >= 0.6 is 27.7 Å². The van der Waals surface area contributed by atoms with E-state index in [0.29, 0.717) is 11.0 Å². The molecule has 1 heterocycles. The lowest BCUT2D eigenvalue weighted by atomic mass is 10.1. The fourth-order valence-electron chi connectivity index (χ4n) is 2.28. The van der Waals surface area contributed by atoms with E-state index in [1.54, 1.807) is 23.9 Å². The first-order valence-corrected chi connectivity index (χ1v) is 8.27. The van der Waals surface area contributed by atoms with Crippen LogP contribution in [-0.4, -0.2) is 11.2 Å². The number of benzene rings is 2. The van der Waals surface area contributed by atoms with Gasteiger partial charge in [-0.05, 0) is 51.7 Å². The Morgan fingerprint density at radius 1 is 1.33 bits per heavy atom. The largest absolute Gasteiger partial charge is 0.351 e. The van der Waals surface area contributed by atoms with Crippen molar-refractivity contribution in [2.75, 3.05) is 0 Å². The Labute approximate surface area is 135 Å². The lowest BCUT2D eigenvalue weighted by Gasteiger charge is -2.10. The molecule has 0 aromatic heterocycles. The lowest BCUT2D eigenvalue weighted by molar-refractivity contribution is -0.120. The predicted molar refractivity (Wildman–Crippen MR) is 85.7 cm³/mol. The minimum Gasteiger partial charge on any atom is -0.351 e. The Morgan fingerprint density at radius 3 is 2.90 bits per heavy atom.